The first-order valence-electron chi connectivity index (χ1n) is 8.44. The highest BCUT2D eigenvalue weighted by Gasteiger charge is 2.33. The van der Waals surface area contributed by atoms with Crippen molar-refractivity contribution in [2.45, 2.75) is 51.5 Å². The number of rotatable bonds is 9. The molecule has 24 heavy (non-hydrogen) atoms. The molecule has 1 fully saturated rings. The molecule has 0 heterocycles. The molecule has 1 aliphatic carbocycles. The summed E-state index contributed by atoms with van der Waals surface area (Å²) in [4.78, 5) is 4.26. The minimum absolute atomic E-state index is 0. The first-order valence-corrected chi connectivity index (χ1v) is 10.5. The zero-order chi connectivity index (χ0) is 17.3. The van der Waals surface area contributed by atoms with E-state index in [2.05, 4.69) is 15.6 Å². The Morgan fingerprint density at radius 2 is 1.96 bits per heavy atom. The summed E-state index contributed by atoms with van der Waals surface area (Å²) in [5, 5.41) is 6.70. The van der Waals surface area contributed by atoms with Crippen LogP contribution in [-0.2, 0) is 14.6 Å². The van der Waals surface area contributed by atoms with Crippen molar-refractivity contribution in [3.05, 3.63) is 0 Å². The van der Waals surface area contributed by atoms with Gasteiger partial charge in [-0.25, -0.2) is 8.42 Å². The summed E-state index contributed by atoms with van der Waals surface area (Å²) in [6, 6.07) is 0.0643. The molecule has 144 valence electrons. The molecule has 1 rings (SSSR count). The highest BCUT2D eigenvalue weighted by molar-refractivity contribution is 14.0. The highest BCUT2D eigenvalue weighted by Crippen LogP contribution is 2.40. The lowest BCUT2D eigenvalue weighted by Crippen LogP contribution is -2.46. The van der Waals surface area contributed by atoms with E-state index >= 15 is 0 Å². The number of methoxy groups -OCH3 is 1. The Kier molecular flexibility index (Phi) is 11.5. The van der Waals surface area contributed by atoms with Gasteiger partial charge in [-0.1, -0.05) is 12.8 Å². The van der Waals surface area contributed by atoms with Gasteiger partial charge in [-0.05, 0) is 38.0 Å². The molecule has 2 N–H and O–H groups in total. The van der Waals surface area contributed by atoms with Crippen LogP contribution >= 0.6 is 24.0 Å². The van der Waals surface area contributed by atoms with Gasteiger partial charge in [0.1, 0.15) is 9.84 Å². The summed E-state index contributed by atoms with van der Waals surface area (Å²) in [6.45, 7) is 3.65. The van der Waals surface area contributed by atoms with Gasteiger partial charge in [0.05, 0.1) is 5.75 Å². The van der Waals surface area contributed by atoms with Crippen molar-refractivity contribution in [3.8, 4) is 0 Å². The number of aliphatic imine (C=N–C) groups is 1. The van der Waals surface area contributed by atoms with Crippen LogP contribution in [-0.4, -0.2) is 59.7 Å². The van der Waals surface area contributed by atoms with Crippen molar-refractivity contribution in [3.63, 3.8) is 0 Å². The first kappa shape index (κ1) is 23.9. The van der Waals surface area contributed by atoms with E-state index in [1.54, 1.807) is 14.2 Å². The smallest absolute Gasteiger partial charge is 0.191 e. The second-order valence-corrected chi connectivity index (χ2v) is 9.10. The molecular weight excluding hydrogens is 441 g/mol. The lowest BCUT2D eigenvalue weighted by atomic mass is 9.83. The topological polar surface area (TPSA) is 79.8 Å². The van der Waals surface area contributed by atoms with Gasteiger partial charge in [0.2, 0.25) is 0 Å². The number of nitrogens with one attached hydrogen (secondary N) is 2. The molecule has 8 heteroatoms. The molecule has 0 amide bonds. The van der Waals surface area contributed by atoms with Gasteiger partial charge in [-0.2, -0.15) is 0 Å². The normalized spacial score (nSPS) is 18.8. The Bertz CT molecular complexity index is 477. The van der Waals surface area contributed by atoms with Crippen molar-refractivity contribution >= 4 is 39.8 Å². The fraction of sp³-hybridized carbons (Fsp3) is 0.938. The van der Waals surface area contributed by atoms with Gasteiger partial charge < -0.3 is 15.4 Å². The lowest BCUT2D eigenvalue weighted by Gasteiger charge is -2.30. The molecule has 1 atom stereocenters. The van der Waals surface area contributed by atoms with Gasteiger partial charge in [-0.3, -0.25) is 4.99 Å². The zero-order valence-corrected chi connectivity index (χ0v) is 18.6. The Balaban J connectivity index is 0.00000529. The van der Waals surface area contributed by atoms with Crippen LogP contribution in [0.2, 0.25) is 0 Å². The van der Waals surface area contributed by atoms with Crippen molar-refractivity contribution < 1.29 is 13.2 Å². The molecule has 0 aromatic carbocycles. The number of guanidine groups is 1. The van der Waals surface area contributed by atoms with E-state index in [-0.39, 0.29) is 35.8 Å². The van der Waals surface area contributed by atoms with Crippen molar-refractivity contribution in [1.82, 2.24) is 10.6 Å². The SMILES string of the molecule is CN=C(NCC1(CCOC)CCCC1)NC(C)CCS(C)(=O)=O.I. The monoisotopic (exact) mass is 475 g/mol. The van der Waals surface area contributed by atoms with Crippen LogP contribution in [0.15, 0.2) is 4.99 Å². The average molecular weight is 475 g/mol. The predicted octanol–water partition coefficient (Wildman–Crippen LogP) is 2.19. The number of halogens is 1. The van der Waals surface area contributed by atoms with E-state index in [1.165, 1.54) is 31.9 Å². The van der Waals surface area contributed by atoms with E-state index in [0.717, 1.165) is 25.5 Å². The molecule has 6 nitrogen and oxygen atoms in total. The largest absolute Gasteiger partial charge is 0.385 e. The van der Waals surface area contributed by atoms with Crippen LogP contribution in [0.4, 0.5) is 0 Å². The van der Waals surface area contributed by atoms with Crippen molar-refractivity contribution in [1.29, 1.82) is 0 Å². The molecule has 1 unspecified atom stereocenters. The Hall–Kier alpha value is -0.0900. The third-order valence-corrected chi connectivity index (χ3v) is 5.64. The minimum atomic E-state index is -2.92. The Morgan fingerprint density at radius 1 is 1.33 bits per heavy atom. The molecular formula is C16H34IN3O3S. The number of ether oxygens (including phenoxy) is 1. The maximum Gasteiger partial charge on any atom is 0.191 e. The summed E-state index contributed by atoms with van der Waals surface area (Å²) in [7, 11) is 0.574. The molecule has 0 radical (unpaired) electrons. The van der Waals surface area contributed by atoms with E-state index in [1.807, 2.05) is 6.92 Å². The molecule has 1 aliphatic rings. The van der Waals surface area contributed by atoms with Gasteiger partial charge in [0, 0.05) is 39.6 Å². The van der Waals surface area contributed by atoms with E-state index in [4.69, 9.17) is 4.74 Å². The van der Waals surface area contributed by atoms with Crippen molar-refractivity contribution in [2.24, 2.45) is 10.4 Å². The fourth-order valence-electron chi connectivity index (χ4n) is 3.12. The first-order chi connectivity index (χ1) is 10.8. The van der Waals surface area contributed by atoms with Gasteiger partial charge in [0.15, 0.2) is 5.96 Å². The second-order valence-electron chi connectivity index (χ2n) is 6.84. The second kappa shape index (κ2) is 11.5. The molecule has 0 aromatic heterocycles. The van der Waals surface area contributed by atoms with Crippen LogP contribution in [0.1, 0.15) is 45.4 Å². The number of hydrogen-bond acceptors (Lipinski definition) is 4. The molecule has 0 aromatic rings. The third-order valence-electron chi connectivity index (χ3n) is 4.66. The minimum Gasteiger partial charge on any atom is -0.385 e. The summed E-state index contributed by atoms with van der Waals surface area (Å²) in [5.41, 5.74) is 0.295. The zero-order valence-electron chi connectivity index (χ0n) is 15.4. The maximum atomic E-state index is 11.2. The summed E-state index contributed by atoms with van der Waals surface area (Å²) >= 11 is 0. The fourth-order valence-corrected chi connectivity index (χ4v) is 3.90. The Morgan fingerprint density at radius 3 is 2.46 bits per heavy atom. The molecule has 0 saturated heterocycles. The average Bonchev–Trinajstić information content (AvgIpc) is 2.96. The molecule has 0 bridgehead atoms. The quantitative estimate of drug-likeness (QED) is 0.304. The van der Waals surface area contributed by atoms with Crippen LogP contribution in [0.25, 0.3) is 0 Å². The van der Waals surface area contributed by atoms with E-state index in [0.29, 0.717) is 11.8 Å². The highest BCUT2D eigenvalue weighted by atomic mass is 127. The predicted molar refractivity (Wildman–Crippen MR) is 111 cm³/mol. The standard InChI is InChI=1S/C16H33N3O3S.HI/c1-14(7-12-23(4,20)21)19-15(17-2)18-13-16(10-11-22-3)8-5-6-9-16;/h14H,5-13H2,1-4H3,(H2,17,18,19);1H. The van der Waals surface area contributed by atoms with Crippen molar-refractivity contribution in [2.75, 3.05) is 39.3 Å². The lowest BCUT2D eigenvalue weighted by molar-refractivity contribution is 0.138. The molecule has 0 spiro atoms. The van der Waals surface area contributed by atoms with Crippen LogP contribution < -0.4 is 10.6 Å². The number of sulfone groups is 1. The van der Waals surface area contributed by atoms with Gasteiger partial charge in [0.25, 0.3) is 0 Å². The third kappa shape index (κ3) is 9.41. The maximum absolute atomic E-state index is 11.2. The van der Waals surface area contributed by atoms with Gasteiger partial charge in [-0.15, -0.1) is 24.0 Å². The summed E-state index contributed by atoms with van der Waals surface area (Å²) in [5.74, 6) is 0.935. The molecule has 1 saturated carbocycles. The number of nitrogens with zero attached hydrogens (tertiary/aromatic N) is 1. The van der Waals surface area contributed by atoms with Crippen LogP contribution in [0.5, 0.6) is 0 Å². The van der Waals surface area contributed by atoms with E-state index < -0.39 is 9.84 Å². The molecule has 0 aliphatic heterocycles. The summed E-state index contributed by atoms with van der Waals surface area (Å²) < 4.78 is 27.8. The summed E-state index contributed by atoms with van der Waals surface area (Å²) in [6.07, 6.45) is 7.93. The Labute approximate surface area is 164 Å². The number of hydrogen-bond donors (Lipinski definition) is 2. The van der Waals surface area contributed by atoms with Crippen LogP contribution in [0, 0.1) is 5.41 Å². The van der Waals surface area contributed by atoms with Gasteiger partial charge >= 0.3 is 0 Å². The van der Waals surface area contributed by atoms with Crippen LogP contribution in [0.3, 0.4) is 0 Å². The van der Waals surface area contributed by atoms with E-state index in [9.17, 15) is 8.42 Å².